The van der Waals surface area contributed by atoms with Crippen LogP contribution in [0.1, 0.15) is 39.1 Å². The van der Waals surface area contributed by atoms with E-state index < -0.39 is 5.97 Å². The van der Waals surface area contributed by atoms with E-state index in [1.807, 2.05) is 11.0 Å². The Bertz CT molecular complexity index is 768. The molecule has 0 saturated carbocycles. The highest BCUT2D eigenvalue weighted by atomic mass is 16.5. The Labute approximate surface area is 146 Å². The highest BCUT2D eigenvalue weighted by Crippen LogP contribution is 2.15. The number of ketones is 1. The highest BCUT2D eigenvalue weighted by molar-refractivity contribution is 5.99. The van der Waals surface area contributed by atoms with Crippen LogP contribution in [0.2, 0.25) is 0 Å². The van der Waals surface area contributed by atoms with Crippen LogP contribution in [0.5, 0.6) is 0 Å². The normalized spacial score (nSPS) is 13.8. The molecule has 1 fully saturated rings. The van der Waals surface area contributed by atoms with E-state index in [2.05, 4.69) is 0 Å². The summed E-state index contributed by atoms with van der Waals surface area (Å²) < 4.78 is 5.08. The Balaban J connectivity index is 1.54. The predicted molar refractivity (Wildman–Crippen MR) is 92.1 cm³/mol. The highest BCUT2D eigenvalue weighted by Gasteiger charge is 2.20. The molecular formula is C20H19NO4. The first kappa shape index (κ1) is 16.9. The number of nitrogens with zero attached hydrogens (tertiary/aromatic N) is 1. The predicted octanol–water partition coefficient (Wildman–Crippen LogP) is 2.85. The van der Waals surface area contributed by atoms with Gasteiger partial charge in [0.05, 0.1) is 5.56 Å². The molecule has 5 nitrogen and oxygen atoms in total. The second kappa shape index (κ2) is 7.75. The Morgan fingerprint density at radius 2 is 1.68 bits per heavy atom. The van der Waals surface area contributed by atoms with Crippen molar-refractivity contribution in [1.29, 1.82) is 0 Å². The van der Waals surface area contributed by atoms with Crippen molar-refractivity contribution in [2.24, 2.45) is 0 Å². The summed E-state index contributed by atoms with van der Waals surface area (Å²) in [7, 11) is 0. The van der Waals surface area contributed by atoms with E-state index in [0.29, 0.717) is 24.1 Å². The maximum absolute atomic E-state index is 12.0. The van der Waals surface area contributed by atoms with Crippen molar-refractivity contribution in [3.63, 3.8) is 0 Å². The molecule has 1 aliphatic rings. The second-order valence-electron chi connectivity index (χ2n) is 5.98. The molecule has 3 rings (SSSR count). The van der Waals surface area contributed by atoms with Crippen molar-refractivity contribution in [3.05, 3.63) is 71.3 Å². The van der Waals surface area contributed by atoms with E-state index in [0.717, 1.165) is 18.5 Å². The van der Waals surface area contributed by atoms with Gasteiger partial charge in [0.15, 0.2) is 12.4 Å². The summed E-state index contributed by atoms with van der Waals surface area (Å²) in [6.45, 7) is 1.05. The molecule has 25 heavy (non-hydrogen) atoms. The molecule has 0 aliphatic carbocycles. The average Bonchev–Trinajstić information content (AvgIpc) is 3.05. The van der Waals surface area contributed by atoms with Crippen LogP contribution in [0.15, 0.2) is 54.6 Å². The van der Waals surface area contributed by atoms with Gasteiger partial charge < -0.3 is 9.64 Å². The average molecular weight is 337 g/mol. The van der Waals surface area contributed by atoms with Crippen LogP contribution in [-0.4, -0.2) is 35.7 Å². The van der Waals surface area contributed by atoms with E-state index in [1.165, 1.54) is 0 Å². The largest absolute Gasteiger partial charge is 0.454 e. The number of benzene rings is 2. The summed E-state index contributed by atoms with van der Waals surface area (Å²) in [5, 5.41) is 0. The smallest absolute Gasteiger partial charge is 0.338 e. The fourth-order valence-electron chi connectivity index (χ4n) is 2.76. The SMILES string of the molecule is O=C(COC(=O)c1ccc(CN2CCCC2=O)cc1)c1ccccc1. The fraction of sp³-hybridized carbons (Fsp3) is 0.250. The van der Waals surface area contributed by atoms with Crippen LogP contribution in [0, 0.1) is 0 Å². The van der Waals surface area contributed by atoms with Gasteiger partial charge in [0.2, 0.25) is 5.91 Å². The number of Topliss-reactive ketones (excluding diaryl/α,β-unsaturated/α-hetero) is 1. The Kier molecular flexibility index (Phi) is 5.23. The topological polar surface area (TPSA) is 63.7 Å². The summed E-state index contributed by atoms with van der Waals surface area (Å²) in [4.78, 5) is 37.4. The van der Waals surface area contributed by atoms with E-state index in [9.17, 15) is 14.4 Å². The van der Waals surface area contributed by atoms with Gasteiger partial charge in [0.25, 0.3) is 0 Å². The quantitative estimate of drug-likeness (QED) is 0.601. The van der Waals surface area contributed by atoms with Gasteiger partial charge in [0.1, 0.15) is 0 Å². The van der Waals surface area contributed by atoms with Gasteiger partial charge in [-0.05, 0) is 24.1 Å². The van der Waals surface area contributed by atoms with Crippen LogP contribution < -0.4 is 0 Å². The molecule has 1 aliphatic heterocycles. The first-order valence-corrected chi connectivity index (χ1v) is 8.25. The van der Waals surface area contributed by atoms with Gasteiger partial charge in [-0.1, -0.05) is 42.5 Å². The molecule has 0 aromatic heterocycles. The number of hydrogen-bond donors (Lipinski definition) is 0. The third kappa shape index (κ3) is 4.32. The molecule has 1 saturated heterocycles. The van der Waals surface area contributed by atoms with Crippen molar-refractivity contribution in [3.8, 4) is 0 Å². The first-order valence-electron chi connectivity index (χ1n) is 8.25. The molecule has 2 aromatic carbocycles. The van der Waals surface area contributed by atoms with Gasteiger partial charge in [-0.2, -0.15) is 0 Å². The minimum atomic E-state index is -0.534. The van der Waals surface area contributed by atoms with Crippen LogP contribution >= 0.6 is 0 Å². The van der Waals surface area contributed by atoms with Crippen LogP contribution in [0.25, 0.3) is 0 Å². The van der Waals surface area contributed by atoms with E-state index in [-0.39, 0.29) is 18.3 Å². The summed E-state index contributed by atoms with van der Waals surface area (Å²) in [5.41, 5.74) is 1.87. The number of likely N-dealkylation sites (tertiary alicyclic amines) is 1. The van der Waals surface area contributed by atoms with Gasteiger partial charge in [-0.15, -0.1) is 0 Å². The van der Waals surface area contributed by atoms with Crippen LogP contribution in [0.3, 0.4) is 0 Å². The van der Waals surface area contributed by atoms with Crippen LogP contribution in [-0.2, 0) is 16.1 Å². The number of rotatable bonds is 6. The summed E-state index contributed by atoms with van der Waals surface area (Å²) in [5.74, 6) is -0.603. The molecule has 0 N–H and O–H groups in total. The maximum Gasteiger partial charge on any atom is 0.338 e. The van der Waals surface area contributed by atoms with E-state index in [4.69, 9.17) is 4.74 Å². The number of ether oxygens (including phenoxy) is 1. The number of carbonyl (C=O) groups excluding carboxylic acids is 3. The molecule has 0 spiro atoms. The minimum Gasteiger partial charge on any atom is -0.454 e. The van der Waals surface area contributed by atoms with Crippen molar-refractivity contribution in [2.45, 2.75) is 19.4 Å². The fourth-order valence-corrected chi connectivity index (χ4v) is 2.76. The van der Waals surface area contributed by atoms with Crippen molar-refractivity contribution in [1.82, 2.24) is 4.90 Å². The van der Waals surface area contributed by atoms with Gasteiger partial charge >= 0.3 is 5.97 Å². The Morgan fingerprint density at radius 1 is 0.960 bits per heavy atom. The molecule has 0 radical (unpaired) electrons. The van der Waals surface area contributed by atoms with Gasteiger partial charge in [-0.3, -0.25) is 9.59 Å². The summed E-state index contributed by atoms with van der Waals surface area (Å²) in [6, 6.07) is 15.6. The second-order valence-corrected chi connectivity index (χ2v) is 5.98. The zero-order valence-electron chi connectivity index (χ0n) is 13.8. The number of esters is 1. The van der Waals surface area contributed by atoms with Crippen molar-refractivity contribution >= 4 is 17.7 Å². The lowest BCUT2D eigenvalue weighted by Gasteiger charge is -2.15. The Morgan fingerprint density at radius 3 is 2.32 bits per heavy atom. The molecule has 128 valence electrons. The summed E-state index contributed by atoms with van der Waals surface area (Å²) in [6.07, 6.45) is 1.51. The lowest BCUT2D eigenvalue weighted by Crippen LogP contribution is -2.23. The zero-order valence-corrected chi connectivity index (χ0v) is 13.8. The third-order valence-electron chi connectivity index (χ3n) is 4.16. The summed E-state index contributed by atoms with van der Waals surface area (Å²) >= 11 is 0. The lowest BCUT2D eigenvalue weighted by atomic mass is 10.1. The maximum atomic E-state index is 12.0. The van der Waals surface area contributed by atoms with Crippen molar-refractivity contribution < 1.29 is 19.1 Å². The third-order valence-corrected chi connectivity index (χ3v) is 4.16. The molecule has 5 heteroatoms. The lowest BCUT2D eigenvalue weighted by molar-refractivity contribution is -0.128. The monoisotopic (exact) mass is 337 g/mol. The van der Waals surface area contributed by atoms with Crippen LogP contribution in [0.4, 0.5) is 0 Å². The number of hydrogen-bond acceptors (Lipinski definition) is 4. The molecule has 1 heterocycles. The molecule has 1 amide bonds. The van der Waals surface area contributed by atoms with E-state index >= 15 is 0 Å². The molecule has 0 unspecified atom stereocenters. The molecule has 0 bridgehead atoms. The van der Waals surface area contributed by atoms with Crippen molar-refractivity contribution in [2.75, 3.05) is 13.2 Å². The minimum absolute atomic E-state index is 0.169. The Hall–Kier alpha value is -2.95. The van der Waals surface area contributed by atoms with E-state index in [1.54, 1.807) is 48.5 Å². The van der Waals surface area contributed by atoms with Gasteiger partial charge in [-0.25, -0.2) is 4.79 Å². The number of amides is 1. The molecular weight excluding hydrogens is 318 g/mol. The molecule has 0 atom stereocenters. The van der Waals surface area contributed by atoms with Gasteiger partial charge in [0, 0.05) is 25.1 Å². The number of carbonyl (C=O) groups is 3. The zero-order chi connectivity index (χ0) is 17.6. The standard InChI is InChI=1S/C20H19NO4/c22-18(16-5-2-1-3-6-16)14-25-20(24)17-10-8-15(9-11-17)13-21-12-4-7-19(21)23/h1-3,5-6,8-11H,4,7,12-14H2. The first-order chi connectivity index (χ1) is 12.1. The molecule has 2 aromatic rings.